The summed E-state index contributed by atoms with van der Waals surface area (Å²) in [5.74, 6) is 0.419. The van der Waals surface area contributed by atoms with Crippen molar-refractivity contribution >= 4 is 17.4 Å². The zero-order valence-electron chi connectivity index (χ0n) is 8.19. The highest BCUT2D eigenvalue weighted by molar-refractivity contribution is 7.98. The van der Waals surface area contributed by atoms with Crippen molar-refractivity contribution in [2.45, 2.75) is 11.9 Å². The van der Waals surface area contributed by atoms with Gasteiger partial charge in [-0.1, -0.05) is 12.1 Å². The molecule has 1 atom stereocenters. The van der Waals surface area contributed by atoms with Gasteiger partial charge < -0.3 is 15.9 Å². The maximum Gasteiger partial charge on any atom is 0.150 e. The second-order valence-corrected chi connectivity index (χ2v) is 4.20. The van der Waals surface area contributed by atoms with Gasteiger partial charge in [-0.2, -0.15) is 11.8 Å². The molecule has 0 aromatic heterocycles. The Kier molecular flexibility index (Phi) is 4.87. The molecule has 0 saturated heterocycles. The summed E-state index contributed by atoms with van der Waals surface area (Å²) >= 11 is 1.36. The molecule has 0 radical (unpaired) electrons. The summed E-state index contributed by atoms with van der Waals surface area (Å²) in [5.41, 5.74) is 6.06. The highest BCUT2D eigenvalue weighted by Gasteiger charge is 2.07. The third-order valence-electron chi connectivity index (χ3n) is 1.89. The van der Waals surface area contributed by atoms with Crippen LogP contribution in [0.1, 0.15) is 5.56 Å². The lowest BCUT2D eigenvalue weighted by molar-refractivity contribution is 0.113. The third-order valence-corrected chi connectivity index (χ3v) is 3.02. The van der Waals surface area contributed by atoms with Crippen LogP contribution in [0.4, 0.5) is 10.1 Å². The minimum Gasteiger partial charge on any atom is -0.396 e. The summed E-state index contributed by atoms with van der Waals surface area (Å²) in [6, 6.07) is 4.85. The molecule has 1 unspecified atom stereocenters. The molecule has 1 rings (SSSR count). The minimum atomic E-state index is -0.751. The zero-order chi connectivity index (χ0) is 11.3. The van der Waals surface area contributed by atoms with E-state index >= 15 is 0 Å². The summed E-state index contributed by atoms with van der Waals surface area (Å²) in [4.78, 5) is 0. The number of rotatable bonds is 5. The number of thioether (sulfide) groups is 1. The van der Waals surface area contributed by atoms with E-state index in [1.807, 2.05) is 0 Å². The lowest BCUT2D eigenvalue weighted by Crippen LogP contribution is -2.14. The van der Waals surface area contributed by atoms with Crippen molar-refractivity contribution in [1.29, 1.82) is 0 Å². The second kappa shape index (κ2) is 5.95. The molecule has 0 saturated carbocycles. The zero-order valence-corrected chi connectivity index (χ0v) is 9.01. The van der Waals surface area contributed by atoms with Crippen LogP contribution in [-0.4, -0.2) is 28.7 Å². The third kappa shape index (κ3) is 3.70. The van der Waals surface area contributed by atoms with E-state index in [9.17, 15) is 4.39 Å². The average molecular weight is 231 g/mol. The molecule has 5 heteroatoms. The van der Waals surface area contributed by atoms with Gasteiger partial charge in [-0.3, -0.25) is 0 Å². The van der Waals surface area contributed by atoms with E-state index in [0.717, 1.165) is 0 Å². The number of hydrogen-bond donors (Lipinski definition) is 3. The van der Waals surface area contributed by atoms with E-state index in [4.69, 9.17) is 15.9 Å². The number of halogens is 1. The monoisotopic (exact) mass is 231 g/mol. The van der Waals surface area contributed by atoms with Gasteiger partial charge in [-0.05, 0) is 11.6 Å². The van der Waals surface area contributed by atoms with E-state index in [-0.39, 0.29) is 12.3 Å². The Hall–Kier alpha value is -0.780. The maximum atomic E-state index is 13.4. The first kappa shape index (κ1) is 12.3. The van der Waals surface area contributed by atoms with Crippen LogP contribution in [0.25, 0.3) is 0 Å². The molecule has 4 N–H and O–H groups in total. The molecule has 0 fully saturated rings. The van der Waals surface area contributed by atoms with Gasteiger partial charge in [0.2, 0.25) is 0 Å². The summed E-state index contributed by atoms with van der Waals surface area (Å²) in [5, 5.41) is 17.6. The van der Waals surface area contributed by atoms with Crippen LogP contribution in [-0.2, 0) is 5.75 Å². The average Bonchev–Trinajstić information content (AvgIpc) is 2.24. The second-order valence-electron chi connectivity index (χ2n) is 3.17. The van der Waals surface area contributed by atoms with E-state index < -0.39 is 11.9 Å². The van der Waals surface area contributed by atoms with Gasteiger partial charge in [-0.25, -0.2) is 4.39 Å². The molecule has 15 heavy (non-hydrogen) atoms. The number of aliphatic hydroxyl groups is 2. The number of nitrogens with two attached hydrogens (primary N) is 1. The topological polar surface area (TPSA) is 66.5 Å². The Balaban J connectivity index is 2.47. The van der Waals surface area contributed by atoms with Crippen LogP contribution < -0.4 is 5.73 Å². The fourth-order valence-electron chi connectivity index (χ4n) is 1.07. The summed E-state index contributed by atoms with van der Waals surface area (Å²) in [7, 11) is 0. The molecule has 84 valence electrons. The molecule has 0 amide bonds. The SMILES string of the molecule is Nc1cccc(CSCC(O)CO)c1F. The van der Waals surface area contributed by atoms with Gasteiger partial charge in [0.25, 0.3) is 0 Å². The Labute approximate surface area is 92.1 Å². The van der Waals surface area contributed by atoms with Gasteiger partial charge in [0.05, 0.1) is 18.4 Å². The largest absolute Gasteiger partial charge is 0.396 e. The van der Waals surface area contributed by atoms with Gasteiger partial charge in [0, 0.05) is 11.5 Å². The first-order chi connectivity index (χ1) is 7.15. The Morgan fingerprint density at radius 3 is 2.87 bits per heavy atom. The fraction of sp³-hybridized carbons (Fsp3) is 0.400. The predicted molar refractivity (Wildman–Crippen MR) is 60.1 cm³/mol. The van der Waals surface area contributed by atoms with E-state index in [2.05, 4.69) is 0 Å². The summed E-state index contributed by atoms with van der Waals surface area (Å²) < 4.78 is 13.4. The Morgan fingerprint density at radius 2 is 2.20 bits per heavy atom. The van der Waals surface area contributed by atoms with Crippen LogP contribution in [0.3, 0.4) is 0 Å². The van der Waals surface area contributed by atoms with Crippen molar-refractivity contribution in [3.05, 3.63) is 29.6 Å². The van der Waals surface area contributed by atoms with Gasteiger partial charge >= 0.3 is 0 Å². The van der Waals surface area contributed by atoms with Crippen LogP contribution >= 0.6 is 11.8 Å². The van der Waals surface area contributed by atoms with Crippen molar-refractivity contribution < 1.29 is 14.6 Å². The molecule has 0 aliphatic carbocycles. The lowest BCUT2D eigenvalue weighted by Gasteiger charge is -2.07. The van der Waals surface area contributed by atoms with Crippen LogP contribution in [0, 0.1) is 5.82 Å². The maximum absolute atomic E-state index is 13.4. The van der Waals surface area contributed by atoms with Gasteiger partial charge in [0.15, 0.2) is 0 Å². The minimum absolute atomic E-state index is 0.135. The number of anilines is 1. The summed E-state index contributed by atoms with van der Waals surface area (Å²) in [6.07, 6.45) is -0.751. The first-order valence-electron chi connectivity index (χ1n) is 4.54. The molecule has 0 bridgehead atoms. The molecule has 3 nitrogen and oxygen atoms in total. The van der Waals surface area contributed by atoms with E-state index in [0.29, 0.717) is 17.1 Å². The quantitative estimate of drug-likeness (QED) is 0.661. The molecule has 1 aromatic carbocycles. The molecule has 0 aliphatic rings. The molecule has 0 heterocycles. The number of aliphatic hydroxyl groups excluding tert-OH is 2. The highest BCUT2D eigenvalue weighted by atomic mass is 32.2. The predicted octanol–water partition coefficient (Wildman–Crippen LogP) is 0.994. The Morgan fingerprint density at radius 1 is 1.47 bits per heavy atom. The van der Waals surface area contributed by atoms with Crippen LogP contribution in [0.2, 0.25) is 0 Å². The van der Waals surface area contributed by atoms with Crippen LogP contribution in [0.15, 0.2) is 18.2 Å². The van der Waals surface area contributed by atoms with E-state index in [1.165, 1.54) is 17.8 Å². The molecule has 1 aromatic rings. The molecular formula is C10H14FNO2S. The van der Waals surface area contributed by atoms with Gasteiger partial charge in [0.1, 0.15) is 5.82 Å². The van der Waals surface area contributed by atoms with Crippen molar-refractivity contribution in [1.82, 2.24) is 0 Å². The highest BCUT2D eigenvalue weighted by Crippen LogP contribution is 2.20. The lowest BCUT2D eigenvalue weighted by atomic mass is 10.2. The van der Waals surface area contributed by atoms with E-state index in [1.54, 1.807) is 12.1 Å². The number of benzene rings is 1. The Bertz CT molecular complexity index is 322. The van der Waals surface area contributed by atoms with Gasteiger partial charge in [-0.15, -0.1) is 0 Å². The normalized spacial score (nSPS) is 12.7. The fourth-order valence-corrected chi connectivity index (χ4v) is 2.01. The first-order valence-corrected chi connectivity index (χ1v) is 5.70. The van der Waals surface area contributed by atoms with Crippen molar-refractivity contribution in [3.63, 3.8) is 0 Å². The van der Waals surface area contributed by atoms with Crippen molar-refractivity contribution in [2.75, 3.05) is 18.1 Å². The smallest absolute Gasteiger partial charge is 0.150 e. The molecule has 0 spiro atoms. The molecular weight excluding hydrogens is 217 g/mol. The number of nitrogen functional groups attached to an aromatic ring is 1. The van der Waals surface area contributed by atoms with Crippen molar-refractivity contribution in [2.24, 2.45) is 0 Å². The van der Waals surface area contributed by atoms with Crippen LogP contribution in [0.5, 0.6) is 0 Å². The molecule has 0 aliphatic heterocycles. The van der Waals surface area contributed by atoms with Crippen molar-refractivity contribution in [3.8, 4) is 0 Å². The number of hydrogen-bond acceptors (Lipinski definition) is 4. The summed E-state index contributed by atoms with van der Waals surface area (Å²) in [6.45, 7) is -0.271. The standard InChI is InChI=1S/C10H14FNO2S/c11-10-7(2-1-3-9(10)12)5-15-6-8(14)4-13/h1-3,8,13-14H,4-6,12H2.